The first-order valence-electron chi connectivity index (χ1n) is 7.51. The minimum Gasteiger partial charge on any atom is -0.490 e. The fourth-order valence-electron chi connectivity index (χ4n) is 3.39. The van der Waals surface area contributed by atoms with Crippen molar-refractivity contribution in [3.63, 3.8) is 0 Å². The number of para-hydroxylation sites is 2. The fourth-order valence-corrected chi connectivity index (χ4v) is 3.39. The maximum atomic E-state index is 13.1. The van der Waals surface area contributed by atoms with E-state index in [1.54, 1.807) is 0 Å². The molecule has 1 aromatic carbocycles. The lowest BCUT2D eigenvalue weighted by Gasteiger charge is -2.36. The summed E-state index contributed by atoms with van der Waals surface area (Å²) in [6, 6.07) is 7.83. The van der Waals surface area contributed by atoms with Gasteiger partial charge in [0.1, 0.15) is 12.4 Å². The molecule has 3 rings (SSSR count). The van der Waals surface area contributed by atoms with E-state index in [1.165, 1.54) is 0 Å². The summed E-state index contributed by atoms with van der Waals surface area (Å²) in [4.78, 5) is 15.0. The third-order valence-corrected chi connectivity index (χ3v) is 4.40. The molecule has 0 spiro atoms. The molecule has 20 heavy (non-hydrogen) atoms. The molecule has 1 N–H and O–H groups in total. The molecule has 4 nitrogen and oxygen atoms in total. The van der Waals surface area contributed by atoms with E-state index in [0.717, 1.165) is 43.8 Å². The van der Waals surface area contributed by atoms with Crippen LogP contribution in [0.25, 0.3) is 0 Å². The Kier molecular flexibility index (Phi) is 3.66. The molecule has 2 heterocycles. The molecule has 4 heteroatoms. The van der Waals surface area contributed by atoms with Crippen LogP contribution in [0.15, 0.2) is 24.3 Å². The van der Waals surface area contributed by atoms with Crippen molar-refractivity contribution in [2.75, 3.05) is 31.1 Å². The van der Waals surface area contributed by atoms with E-state index < -0.39 is 0 Å². The predicted molar refractivity (Wildman–Crippen MR) is 79.1 cm³/mol. The van der Waals surface area contributed by atoms with E-state index in [1.807, 2.05) is 29.2 Å². The molecule has 0 bridgehead atoms. The molecule has 0 radical (unpaired) electrons. The van der Waals surface area contributed by atoms with Crippen LogP contribution in [0.1, 0.15) is 26.2 Å². The number of ether oxygens (including phenoxy) is 1. The van der Waals surface area contributed by atoms with Crippen molar-refractivity contribution in [1.82, 2.24) is 5.32 Å². The van der Waals surface area contributed by atoms with Crippen molar-refractivity contribution < 1.29 is 9.53 Å². The molecule has 1 aromatic rings. The van der Waals surface area contributed by atoms with E-state index in [-0.39, 0.29) is 11.3 Å². The molecule has 1 saturated heterocycles. The van der Waals surface area contributed by atoms with Gasteiger partial charge in [-0.25, -0.2) is 0 Å². The van der Waals surface area contributed by atoms with Crippen LogP contribution in [-0.2, 0) is 4.79 Å². The van der Waals surface area contributed by atoms with Gasteiger partial charge < -0.3 is 15.0 Å². The van der Waals surface area contributed by atoms with Crippen molar-refractivity contribution >= 4 is 11.6 Å². The van der Waals surface area contributed by atoms with Gasteiger partial charge in [-0.3, -0.25) is 4.79 Å². The van der Waals surface area contributed by atoms with E-state index in [2.05, 4.69) is 12.2 Å². The molecule has 1 atom stereocenters. The second-order valence-electron chi connectivity index (χ2n) is 5.73. The summed E-state index contributed by atoms with van der Waals surface area (Å²) in [5.74, 6) is 1.09. The second-order valence-corrected chi connectivity index (χ2v) is 5.73. The van der Waals surface area contributed by atoms with Crippen molar-refractivity contribution in [3.8, 4) is 5.75 Å². The average molecular weight is 274 g/mol. The molecule has 2 aliphatic heterocycles. The zero-order valence-corrected chi connectivity index (χ0v) is 12.0. The quantitative estimate of drug-likeness (QED) is 0.918. The lowest BCUT2D eigenvalue weighted by atomic mass is 9.80. The van der Waals surface area contributed by atoms with Crippen LogP contribution in [0.5, 0.6) is 5.75 Å². The van der Waals surface area contributed by atoms with E-state index in [0.29, 0.717) is 13.2 Å². The molecular weight excluding hydrogens is 252 g/mol. The van der Waals surface area contributed by atoms with Gasteiger partial charge in [0.2, 0.25) is 5.91 Å². The molecular formula is C16H22N2O2. The number of carbonyl (C=O) groups is 1. The van der Waals surface area contributed by atoms with Crippen LogP contribution in [0, 0.1) is 5.41 Å². The zero-order valence-electron chi connectivity index (χ0n) is 12.0. The number of nitrogens with zero attached hydrogens (tertiary/aromatic N) is 1. The van der Waals surface area contributed by atoms with Crippen LogP contribution < -0.4 is 15.0 Å². The van der Waals surface area contributed by atoms with Crippen molar-refractivity contribution in [3.05, 3.63) is 24.3 Å². The van der Waals surface area contributed by atoms with Crippen LogP contribution in [0.4, 0.5) is 5.69 Å². The predicted octanol–water partition coefficient (Wildman–Crippen LogP) is 2.19. The largest absolute Gasteiger partial charge is 0.490 e. The number of fused-ring (bicyclic) bond motifs is 1. The van der Waals surface area contributed by atoms with Crippen LogP contribution >= 0.6 is 0 Å². The summed E-state index contributed by atoms with van der Waals surface area (Å²) in [5, 5.41) is 3.36. The highest BCUT2D eigenvalue weighted by Gasteiger charge is 2.44. The zero-order chi connectivity index (χ0) is 14.0. The fraction of sp³-hybridized carbons (Fsp3) is 0.562. The van der Waals surface area contributed by atoms with Gasteiger partial charge in [-0.2, -0.15) is 0 Å². The Morgan fingerprint density at radius 3 is 3.05 bits per heavy atom. The summed E-state index contributed by atoms with van der Waals surface area (Å²) in [6.45, 7) is 5.14. The SMILES string of the molecule is CCCC1(C(=O)N2CCOc3ccccc32)CCNC1. The molecule has 0 saturated carbocycles. The molecule has 1 unspecified atom stereocenters. The van der Waals surface area contributed by atoms with Gasteiger partial charge >= 0.3 is 0 Å². The monoisotopic (exact) mass is 274 g/mol. The highest BCUT2D eigenvalue weighted by atomic mass is 16.5. The van der Waals surface area contributed by atoms with Gasteiger partial charge in [0.05, 0.1) is 17.6 Å². The van der Waals surface area contributed by atoms with Crippen molar-refractivity contribution in [2.45, 2.75) is 26.2 Å². The lowest BCUT2D eigenvalue weighted by Crippen LogP contribution is -2.48. The number of rotatable bonds is 3. The van der Waals surface area contributed by atoms with Crippen LogP contribution in [0.2, 0.25) is 0 Å². The maximum absolute atomic E-state index is 13.1. The Balaban J connectivity index is 1.91. The normalized spacial score (nSPS) is 25.1. The summed E-state index contributed by atoms with van der Waals surface area (Å²) in [6.07, 6.45) is 2.94. The number of hydrogen-bond donors (Lipinski definition) is 1. The maximum Gasteiger partial charge on any atom is 0.234 e. The van der Waals surface area contributed by atoms with Crippen LogP contribution in [-0.4, -0.2) is 32.1 Å². The first kappa shape index (κ1) is 13.4. The lowest BCUT2D eigenvalue weighted by molar-refractivity contribution is -0.128. The highest BCUT2D eigenvalue weighted by Crippen LogP contribution is 2.38. The standard InChI is InChI=1S/C16H22N2O2/c1-2-7-16(8-9-17-12-16)15(19)18-10-11-20-14-6-4-3-5-13(14)18/h3-6,17H,2,7-12H2,1H3. The van der Waals surface area contributed by atoms with E-state index >= 15 is 0 Å². The summed E-state index contributed by atoms with van der Waals surface area (Å²) >= 11 is 0. The third kappa shape index (κ3) is 2.18. The van der Waals surface area contributed by atoms with Gasteiger partial charge in [0.15, 0.2) is 0 Å². The summed E-state index contributed by atoms with van der Waals surface area (Å²) in [7, 11) is 0. The van der Waals surface area contributed by atoms with E-state index in [9.17, 15) is 4.79 Å². The Bertz CT molecular complexity index is 495. The third-order valence-electron chi connectivity index (χ3n) is 4.40. The molecule has 0 aromatic heterocycles. The van der Waals surface area contributed by atoms with Crippen molar-refractivity contribution in [2.24, 2.45) is 5.41 Å². The topological polar surface area (TPSA) is 41.6 Å². The van der Waals surface area contributed by atoms with Gasteiger partial charge in [0, 0.05) is 6.54 Å². The number of hydrogen-bond acceptors (Lipinski definition) is 3. The van der Waals surface area contributed by atoms with Gasteiger partial charge in [-0.15, -0.1) is 0 Å². The minimum atomic E-state index is -0.223. The van der Waals surface area contributed by atoms with Crippen LogP contribution in [0.3, 0.4) is 0 Å². The summed E-state index contributed by atoms with van der Waals surface area (Å²) in [5.41, 5.74) is 0.699. The van der Waals surface area contributed by atoms with Gasteiger partial charge in [-0.05, 0) is 31.5 Å². The Labute approximate surface area is 120 Å². The van der Waals surface area contributed by atoms with Crippen molar-refractivity contribution in [1.29, 1.82) is 0 Å². The molecule has 108 valence electrons. The van der Waals surface area contributed by atoms with Gasteiger partial charge in [0.25, 0.3) is 0 Å². The molecule has 0 aliphatic carbocycles. The van der Waals surface area contributed by atoms with Gasteiger partial charge in [-0.1, -0.05) is 25.5 Å². The highest BCUT2D eigenvalue weighted by molar-refractivity contribution is 5.99. The van der Waals surface area contributed by atoms with E-state index in [4.69, 9.17) is 4.74 Å². The minimum absolute atomic E-state index is 0.223. The Hall–Kier alpha value is -1.55. The number of anilines is 1. The molecule has 1 fully saturated rings. The molecule has 1 amide bonds. The second kappa shape index (κ2) is 5.44. The number of carbonyl (C=O) groups excluding carboxylic acids is 1. The number of amides is 1. The smallest absolute Gasteiger partial charge is 0.234 e. The number of nitrogens with one attached hydrogen (secondary N) is 1. The first-order chi connectivity index (χ1) is 9.77. The molecule has 2 aliphatic rings. The average Bonchev–Trinajstić information content (AvgIpc) is 2.96. The first-order valence-corrected chi connectivity index (χ1v) is 7.51. The summed E-state index contributed by atoms with van der Waals surface area (Å²) < 4.78 is 5.65. The Morgan fingerprint density at radius 1 is 1.45 bits per heavy atom. The number of benzene rings is 1. The Morgan fingerprint density at radius 2 is 2.30 bits per heavy atom.